The molecule has 0 saturated carbocycles. The van der Waals surface area contributed by atoms with Crippen LogP contribution in [0.25, 0.3) is 0 Å². The third kappa shape index (κ3) is 2.72. The van der Waals surface area contributed by atoms with E-state index < -0.39 is 0 Å². The molecule has 2 aromatic heterocycles. The predicted octanol–water partition coefficient (Wildman–Crippen LogP) is 2.15. The molecule has 0 amide bonds. The molecule has 0 fully saturated rings. The first-order chi connectivity index (χ1) is 8.20. The fourth-order valence-electron chi connectivity index (χ4n) is 1.89. The van der Waals surface area contributed by atoms with Crippen molar-refractivity contribution in [2.45, 2.75) is 46.5 Å². The molecule has 92 valence electrons. The molecule has 0 bridgehead atoms. The topological polar surface area (TPSA) is 67.6 Å². The largest absolute Gasteiger partial charge is 0.339 e. The normalized spacial score (nSPS) is 11.0. The maximum atomic E-state index is 5.20. The molecular formula is C12H18N4O. The zero-order chi connectivity index (χ0) is 12.3. The van der Waals surface area contributed by atoms with Crippen molar-refractivity contribution in [1.29, 1.82) is 0 Å². The van der Waals surface area contributed by atoms with Gasteiger partial charge in [-0.1, -0.05) is 12.1 Å². The van der Waals surface area contributed by atoms with Crippen molar-refractivity contribution in [3.8, 4) is 0 Å². The Hall–Kier alpha value is -1.65. The van der Waals surface area contributed by atoms with Crippen LogP contribution in [0.2, 0.25) is 0 Å². The van der Waals surface area contributed by atoms with Crippen molar-refractivity contribution < 1.29 is 4.52 Å². The molecule has 2 aromatic rings. The average molecular weight is 234 g/mol. The zero-order valence-corrected chi connectivity index (χ0v) is 10.6. The van der Waals surface area contributed by atoms with Gasteiger partial charge in [-0.15, -0.1) is 0 Å². The van der Waals surface area contributed by atoms with E-state index in [0.717, 1.165) is 42.9 Å². The van der Waals surface area contributed by atoms with Crippen LogP contribution in [-0.4, -0.2) is 20.3 Å². The van der Waals surface area contributed by atoms with Gasteiger partial charge in [0.1, 0.15) is 0 Å². The summed E-state index contributed by atoms with van der Waals surface area (Å²) in [5.41, 5.74) is 3.42. The maximum absolute atomic E-state index is 5.20. The molecule has 2 heterocycles. The molecule has 0 unspecified atom stereocenters. The lowest BCUT2D eigenvalue weighted by Crippen LogP contribution is -1.95. The highest BCUT2D eigenvalue weighted by atomic mass is 16.5. The lowest BCUT2D eigenvalue weighted by atomic mass is 10.1. The summed E-state index contributed by atoms with van der Waals surface area (Å²) < 4.78 is 5.20. The second-order valence-electron chi connectivity index (χ2n) is 4.27. The molecule has 0 saturated heterocycles. The molecule has 0 atom stereocenters. The highest BCUT2D eigenvalue weighted by Crippen LogP contribution is 2.12. The van der Waals surface area contributed by atoms with E-state index in [1.165, 1.54) is 5.56 Å². The third-order valence-corrected chi connectivity index (χ3v) is 2.85. The quantitative estimate of drug-likeness (QED) is 0.860. The summed E-state index contributed by atoms with van der Waals surface area (Å²) in [6, 6.07) is 0. The number of rotatable bonds is 5. The number of aromatic nitrogens is 4. The summed E-state index contributed by atoms with van der Waals surface area (Å²) >= 11 is 0. The minimum Gasteiger partial charge on any atom is -0.339 e. The Balaban J connectivity index is 1.97. The van der Waals surface area contributed by atoms with Gasteiger partial charge in [0.05, 0.1) is 5.69 Å². The van der Waals surface area contributed by atoms with E-state index in [2.05, 4.69) is 27.3 Å². The van der Waals surface area contributed by atoms with Gasteiger partial charge in [0.25, 0.3) is 0 Å². The Kier molecular flexibility index (Phi) is 3.56. The van der Waals surface area contributed by atoms with Crippen LogP contribution < -0.4 is 0 Å². The van der Waals surface area contributed by atoms with E-state index in [4.69, 9.17) is 4.52 Å². The van der Waals surface area contributed by atoms with Crippen molar-refractivity contribution in [3.63, 3.8) is 0 Å². The Morgan fingerprint density at radius 2 is 2.00 bits per heavy atom. The summed E-state index contributed by atoms with van der Waals surface area (Å²) in [5, 5.41) is 11.1. The van der Waals surface area contributed by atoms with Crippen LogP contribution in [-0.2, 0) is 19.3 Å². The summed E-state index contributed by atoms with van der Waals surface area (Å²) in [6.45, 7) is 6.15. The first kappa shape index (κ1) is 11.8. The third-order valence-electron chi connectivity index (χ3n) is 2.85. The summed E-state index contributed by atoms with van der Waals surface area (Å²) in [5.74, 6) is 1.52. The van der Waals surface area contributed by atoms with Crippen LogP contribution in [0, 0.1) is 13.8 Å². The molecule has 0 aliphatic carbocycles. The van der Waals surface area contributed by atoms with Crippen LogP contribution in [0.3, 0.4) is 0 Å². The van der Waals surface area contributed by atoms with Crippen LogP contribution in [0.15, 0.2) is 4.52 Å². The van der Waals surface area contributed by atoms with Crippen LogP contribution >= 0.6 is 0 Å². The molecule has 2 rings (SSSR count). The van der Waals surface area contributed by atoms with Crippen molar-refractivity contribution in [2.24, 2.45) is 0 Å². The lowest BCUT2D eigenvalue weighted by molar-refractivity contribution is 0.372. The summed E-state index contributed by atoms with van der Waals surface area (Å²) in [4.78, 5) is 4.35. The fourth-order valence-corrected chi connectivity index (χ4v) is 1.89. The van der Waals surface area contributed by atoms with Gasteiger partial charge < -0.3 is 4.52 Å². The minimum atomic E-state index is 0.716. The molecule has 0 aromatic carbocycles. The van der Waals surface area contributed by atoms with Crippen LogP contribution in [0.5, 0.6) is 0 Å². The van der Waals surface area contributed by atoms with E-state index in [1.54, 1.807) is 0 Å². The van der Waals surface area contributed by atoms with E-state index in [9.17, 15) is 0 Å². The lowest BCUT2D eigenvalue weighted by Gasteiger charge is -1.97. The zero-order valence-electron chi connectivity index (χ0n) is 10.6. The average Bonchev–Trinajstić information content (AvgIpc) is 2.86. The Labute approximate surface area is 101 Å². The standard InChI is InChI=1S/C12H18N4O/c1-4-5-11-13-12(17-16-11)7-6-10-8(2)14-15-9(10)3/h4-7H2,1-3H3,(H,14,15). The van der Waals surface area contributed by atoms with E-state index in [0.29, 0.717) is 5.89 Å². The van der Waals surface area contributed by atoms with E-state index >= 15 is 0 Å². The van der Waals surface area contributed by atoms with Crippen molar-refractivity contribution in [3.05, 3.63) is 28.7 Å². The van der Waals surface area contributed by atoms with Crippen molar-refractivity contribution in [2.75, 3.05) is 0 Å². The molecule has 5 nitrogen and oxygen atoms in total. The Morgan fingerprint density at radius 1 is 1.18 bits per heavy atom. The van der Waals surface area contributed by atoms with Crippen LogP contribution in [0.1, 0.15) is 42.0 Å². The van der Waals surface area contributed by atoms with Gasteiger partial charge in [-0.25, -0.2) is 0 Å². The number of aryl methyl sites for hydroxylation is 4. The molecular weight excluding hydrogens is 216 g/mol. The second kappa shape index (κ2) is 5.12. The van der Waals surface area contributed by atoms with Gasteiger partial charge in [-0.2, -0.15) is 10.1 Å². The number of H-pyrrole nitrogens is 1. The SMILES string of the molecule is CCCc1noc(CCc2c(C)n[nH]c2C)n1. The van der Waals surface area contributed by atoms with Crippen molar-refractivity contribution in [1.82, 2.24) is 20.3 Å². The van der Waals surface area contributed by atoms with Gasteiger partial charge in [-0.05, 0) is 32.3 Å². The molecule has 5 heteroatoms. The van der Waals surface area contributed by atoms with E-state index in [-0.39, 0.29) is 0 Å². The monoisotopic (exact) mass is 234 g/mol. The van der Waals surface area contributed by atoms with Gasteiger partial charge in [-0.3, -0.25) is 5.10 Å². The number of hydrogen-bond donors (Lipinski definition) is 1. The Bertz CT molecular complexity index is 467. The summed E-state index contributed by atoms with van der Waals surface area (Å²) in [6.07, 6.45) is 3.59. The van der Waals surface area contributed by atoms with Gasteiger partial charge >= 0.3 is 0 Å². The van der Waals surface area contributed by atoms with Gasteiger partial charge in [0.15, 0.2) is 5.82 Å². The number of aromatic amines is 1. The highest BCUT2D eigenvalue weighted by Gasteiger charge is 2.10. The second-order valence-corrected chi connectivity index (χ2v) is 4.27. The van der Waals surface area contributed by atoms with Crippen LogP contribution in [0.4, 0.5) is 0 Å². The first-order valence-corrected chi connectivity index (χ1v) is 6.02. The fraction of sp³-hybridized carbons (Fsp3) is 0.583. The first-order valence-electron chi connectivity index (χ1n) is 6.02. The molecule has 0 radical (unpaired) electrons. The molecule has 0 spiro atoms. The predicted molar refractivity (Wildman–Crippen MR) is 63.8 cm³/mol. The number of hydrogen-bond acceptors (Lipinski definition) is 4. The molecule has 0 aliphatic heterocycles. The van der Waals surface area contributed by atoms with Crippen molar-refractivity contribution >= 4 is 0 Å². The molecule has 17 heavy (non-hydrogen) atoms. The highest BCUT2D eigenvalue weighted by molar-refractivity contribution is 5.23. The number of nitrogens with zero attached hydrogens (tertiary/aromatic N) is 3. The minimum absolute atomic E-state index is 0.716. The molecule has 1 N–H and O–H groups in total. The maximum Gasteiger partial charge on any atom is 0.226 e. The van der Waals surface area contributed by atoms with E-state index in [1.807, 2.05) is 13.8 Å². The molecule has 0 aliphatic rings. The summed E-state index contributed by atoms with van der Waals surface area (Å²) in [7, 11) is 0. The Morgan fingerprint density at radius 3 is 2.65 bits per heavy atom. The number of nitrogens with one attached hydrogen (secondary N) is 1. The van der Waals surface area contributed by atoms with Gasteiger partial charge in [0.2, 0.25) is 5.89 Å². The van der Waals surface area contributed by atoms with Gasteiger partial charge in [0, 0.05) is 18.5 Å². The smallest absolute Gasteiger partial charge is 0.226 e.